The number of rotatable bonds is 6. The lowest BCUT2D eigenvalue weighted by Crippen LogP contribution is -2.46. The molecule has 118 valence electrons. The van der Waals surface area contributed by atoms with E-state index in [1.165, 1.54) is 13.0 Å². The van der Waals surface area contributed by atoms with Gasteiger partial charge in [-0.25, -0.2) is 8.42 Å². The first kappa shape index (κ1) is 17.9. The highest BCUT2D eigenvalue weighted by Crippen LogP contribution is 2.22. The highest BCUT2D eigenvalue weighted by atomic mass is 35.5. The van der Waals surface area contributed by atoms with Crippen molar-refractivity contribution in [2.75, 3.05) is 13.1 Å². The summed E-state index contributed by atoms with van der Waals surface area (Å²) in [5.41, 5.74) is 0.867. The summed E-state index contributed by atoms with van der Waals surface area (Å²) in [5.74, 6) is -0.258. The summed E-state index contributed by atoms with van der Waals surface area (Å²) in [5, 5.41) is 0.144. The third-order valence-electron chi connectivity index (χ3n) is 3.15. The Balaban J connectivity index is 2.97. The predicted molar refractivity (Wildman–Crippen MR) is 83.9 cm³/mol. The van der Waals surface area contributed by atoms with Crippen LogP contribution < -0.4 is 4.72 Å². The fourth-order valence-electron chi connectivity index (χ4n) is 1.98. The van der Waals surface area contributed by atoms with Crippen LogP contribution in [-0.2, 0) is 14.8 Å². The number of nitrogens with one attached hydrogen (secondary N) is 1. The SMILES string of the molecule is CCN(CC)C(=O)C(C)NS(=O)(=O)c1ccc(C)cc1Cl. The molecule has 1 rings (SSSR count). The van der Waals surface area contributed by atoms with Crippen molar-refractivity contribution in [2.45, 2.75) is 38.6 Å². The number of carbonyl (C=O) groups is 1. The van der Waals surface area contributed by atoms with E-state index in [0.717, 1.165) is 5.56 Å². The van der Waals surface area contributed by atoms with Crippen LogP contribution in [0.1, 0.15) is 26.3 Å². The van der Waals surface area contributed by atoms with Gasteiger partial charge in [0.25, 0.3) is 0 Å². The normalized spacial score (nSPS) is 13.0. The molecule has 1 unspecified atom stereocenters. The molecular weight excluding hydrogens is 312 g/mol. The van der Waals surface area contributed by atoms with Crippen molar-refractivity contribution in [2.24, 2.45) is 0 Å². The summed E-state index contributed by atoms with van der Waals surface area (Å²) in [7, 11) is -3.83. The molecule has 7 heteroatoms. The van der Waals surface area contributed by atoms with Gasteiger partial charge in [0.1, 0.15) is 4.90 Å². The monoisotopic (exact) mass is 332 g/mol. The topological polar surface area (TPSA) is 66.5 Å². The molecule has 5 nitrogen and oxygen atoms in total. The molecule has 0 saturated heterocycles. The van der Waals surface area contributed by atoms with E-state index >= 15 is 0 Å². The number of hydrogen-bond donors (Lipinski definition) is 1. The molecule has 0 saturated carbocycles. The van der Waals surface area contributed by atoms with Crippen molar-refractivity contribution in [3.05, 3.63) is 28.8 Å². The molecule has 0 aliphatic heterocycles. The number of amides is 1. The van der Waals surface area contributed by atoms with Crippen LogP contribution in [0.15, 0.2) is 23.1 Å². The van der Waals surface area contributed by atoms with E-state index in [2.05, 4.69) is 4.72 Å². The first-order valence-electron chi connectivity index (χ1n) is 6.80. The van der Waals surface area contributed by atoms with Crippen molar-refractivity contribution < 1.29 is 13.2 Å². The van der Waals surface area contributed by atoms with Crippen LogP contribution in [0.4, 0.5) is 0 Å². The van der Waals surface area contributed by atoms with Crippen molar-refractivity contribution in [3.8, 4) is 0 Å². The minimum atomic E-state index is -3.83. The minimum Gasteiger partial charge on any atom is -0.342 e. The Labute approximate surface area is 131 Å². The third kappa shape index (κ3) is 4.43. The summed E-state index contributed by atoms with van der Waals surface area (Å²) in [6, 6.07) is 3.84. The molecule has 1 aromatic carbocycles. The Kier molecular flexibility index (Phi) is 6.19. The van der Waals surface area contributed by atoms with Crippen molar-refractivity contribution in [1.82, 2.24) is 9.62 Å². The summed E-state index contributed by atoms with van der Waals surface area (Å²) in [6.45, 7) is 8.11. The zero-order valence-corrected chi connectivity index (χ0v) is 14.3. The van der Waals surface area contributed by atoms with Gasteiger partial charge in [0.15, 0.2) is 0 Å². The maximum Gasteiger partial charge on any atom is 0.242 e. The maximum atomic E-state index is 12.3. The van der Waals surface area contributed by atoms with Crippen molar-refractivity contribution >= 4 is 27.5 Å². The molecule has 0 aromatic heterocycles. The van der Waals surface area contributed by atoms with E-state index in [4.69, 9.17) is 11.6 Å². The van der Waals surface area contributed by atoms with Crippen LogP contribution in [0.25, 0.3) is 0 Å². The third-order valence-corrected chi connectivity index (χ3v) is 5.18. The second-order valence-electron chi connectivity index (χ2n) is 4.79. The number of halogens is 1. The number of nitrogens with zero attached hydrogens (tertiary/aromatic N) is 1. The van der Waals surface area contributed by atoms with Gasteiger partial charge in [0.2, 0.25) is 15.9 Å². The van der Waals surface area contributed by atoms with E-state index in [-0.39, 0.29) is 15.8 Å². The van der Waals surface area contributed by atoms with E-state index in [1.54, 1.807) is 17.0 Å². The van der Waals surface area contributed by atoms with Crippen LogP contribution >= 0.6 is 11.6 Å². The second-order valence-corrected chi connectivity index (χ2v) is 6.88. The van der Waals surface area contributed by atoms with Crippen molar-refractivity contribution in [1.29, 1.82) is 0 Å². The quantitative estimate of drug-likeness (QED) is 0.868. The largest absolute Gasteiger partial charge is 0.342 e. The van der Waals surface area contributed by atoms with Crippen LogP contribution in [0.2, 0.25) is 5.02 Å². The Morgan fingerprint density at radius 1 is 1.33 bits per heavy atom. The number of likely N-dealkylation sites (N-methyl/N-ethyl adjacent to an activating group) is 1. The predicted octanol–water partition coefficient (Wildman–Crippen LogP) is 2.18. The molecule has 0 bridgehead atoms. The number of benzene rings is 1. The Hall–Kier alpha value is -1.11. The summed E-state index contributed by atoms with van der Waals surface area (Å²) >= 11 is 5.98. The molecular formula is C14H21ClN2O3S. The molecule has 0 heterocycles. The maximum absolute atomic E-state index is 12.3. The van der Waals surface area contributed by atoms with Gasteiger partial charge in [0.05, 0.1) is 11.1 Å². The summed E-state index contributed by atoms with van der Waals surface area (Å²) in [4.78, 5) is 13.7. The lowest BCUT2D eigenvalue weighted by Gasteiger charge is -2.23. The number of hydrogen-bond acceptors (Lipinski definition) is 3. The van der Waals surface area contributed by atoms with E-state index in [1.807, 2.05) is 20.8 Å². The zero-order chi connectivity index (χ0) is 16.2. The van der Waals surface area contributed by atoms with Gasteiger partial charge in [-0.05, 0) is 45.4 Å². The van der Waals surface area contributed by atoms with Gasteiger partial charge in [-0.1, -0.05) is 17.7 Å². The number of aryl methyl sites for hydroxylation is 1. The molecule has 1 atom stereocenters. The molecule has 21 heavy (non-hydrogen) atoms. The first-order chi connectivity index (χ1) is 9.72. The first-order valence-corrected chi connectivity index (χ1v) is 8.66. The Bertz CT molecular complexity index is 613. The van der Waals surface area contributed by atoms with Gasteiger partial charge in [-0.15, -0.1) is 0 Å². The molecule has 0 spiro atoms. The van der Waals surface area contributed by atoms with Crippen molar-refractivity contribution in [3.63, 3.8) is 0 Å². The van der Waals surface area contributed by atoms with Gasteiger partial charge in [-0.3, -0.25) is 4.79 Å². The van der Waals surface area contributed by atoms with Gasteiger partial charge < -0.3 is 4.90 Å². The van der Waals surface area contributed by atoms with Crippen LogP contribution in [-0.4, -0.2) is 38.4 Å². The lowest BCUT2D eigenvalue weighted by molar-refractivity contribution is -0.132. The van der Waals surface area contributed by atoms with E-state index in [0.29, 0.717) is 13.1 Å². The molecule has 1 N–H and O–H groups in total. The molecule has 1 aromatic rings. The number of sulfonamides is 1. The zero-order valence-electron chi connectivity index (χ0n) is 12.7. The molecule has 0 radical (unpaired) electrons. The fraction of sp³-hybridized carbons (Fsp3) is 0.500. The standard InChI is InChI=1S/C14H21ClN2O3S/c1-5-17(6-2)14(18)11(4)16-21(19,20)13-8-7-10(3)9-12(13)15/h7-9,11,16H,5-6H2,1-4H3. The summed E-state index contributed by atoms with van der Waals surface area (Å²) < 4.78 is 27.0. The lowest BCUT2D eigenvalue weighted by atomic mass is 10.2. The highest BCUT2D eigenvalue weighted by Gasteiger charge is 2.26. The molecule has 1 amide bonds. The molecule has 0 aliphatic rings. The number of carbonyl (C=O) groups excluding carboxylic acids is 1. The average molecular weight is 333 g/mol. The van der Waals surface area contributed by atoms with E-state index in [9.17, 15) is 13.2 Å². The fourth-order valence-corrected chi connectivity index (χ4v) is 3.78. The highest BCUT2D eigenvalue weighted by molar-refractivity contribution is 7.89. The van der Waals surface area contributed by atoms with Crippen LogP contribution in [0, 0.1) is 6.92 Å². The van der Waals surface area contributed by atoms with Crippen LogP contribution in [0.3, 0.4) is 0 Å². The van der Waals surface area contributed by atoms with Gasteiger partial charge in [0, 0.05) is 13.1 Å². The second kappa shape index (κ2) is 7.24. The van der Waals surface area contributed by atoms with Gasteiger partial charge in [-0.2, -0.15) is 4.72 Å². The Morgan fingerprint density at radius 2 is 1.90 bits per heavy atom. The van der Waals surface area contributed by atoms with Gasteiger partial charge >= 0.3 is 0 Å². The minimum absolute atomic E-state index is 0.0195. The Morgan fingerprint density at radius 3 is 2.38 bits per heavy atom. The smallest absolute Gasteiger partial charge is 0.242 e. The van der Waals surface area contributed by atoms with Crippen LogP contribution in [0.5, 0.6) is 0 Å². The molecule has 0 fully saturated rings. The summed E-state index contributed by atoms with van der Waals surface area (Å²) in [6.07, 6.45) is 0. The average Bonchev–Trinajstić information content (AvgIpc) is 2.38. The molecule has 0 aliphatic carbocycles. The van der Waals surface area contributed by atoms with E-state index < -0.39 is 16.1 Å².